The predicted octanol–water partition coefficient (Wildman–Crippen LogP) is 4.42. The fourth-order valence-electron chi connectivity index (χ4n) is 2.03. The molecule has 3 heteroatoms. The summed E-state index contributed by atoms with van der Waals surface area (Å²) in [6.07, 6.45) is -0.155. The Morgan fingerprint density at radius 3 is 2.20 bits per heavy atom. The minimum absolute atomic E-state index is 0.155. The van der Waals surface area contributed by atoms with E-state index in [0.717, 1.165) is 11.1 Å². The van der Waals surface area contributed by atoms with E-state index >= 15 is 0 Å². The largest absolute Gasteiger partial charge is 0.487 e. The molecule has 0 radical (unpaired) electrons. The van der Waals surface area contributed by atoms with Crippen molar-refractivity contribution in [3.05, 3.63) is 64.2 Å². The van der Waals surface area contributed by atoms with Crippen molar-refractivity contribution < 1.29 is 4.74 Å². The molecule has 0 saturated heterocycles. The van der Waals surface area contributed by atoms with E-state index in [1.54, 1.807) is 0 Å². The lowest BCUT2D eigenvalue weighted by atomic mass is 10.0. The quantitative estimate of drug-likeness (QED) is 0.904. The summed E-state index contributed by atoms with van der Waals surface area (Å²) in [5, 5.41) is 0.618. The van der Waals surface area contributed by atoms with Crippen LogP contribution in [-0.4, -0.2) is 6.10 Å². The fourth-order valence-corrected chi connectivity index (χ4v) is 2.31. The molecule has 0 amide bonds. The molecule has 0 aliphatic rings. The lowest BCUT2D eigenvalue weighted by Crippen LogP contribution is -2.28. The van der Waals surface area contributed by atoms with Crippen LogP contribution in [0.2, 0.25) is 5.02 Å². The van der Waals surface area contributed by atoms with Crippen LogP contribution in [0, 0.1) is 13.8 Å². The molecule has 2 nitrogen and oxygen atoms in total. The van der Waals surface area contributed by atoms with E-state index in [1.807, 2.05) is 44.2 Å². The lowest BCUT2D eigenvalue weighted by Gasteiger charge is -2.22. The van der Waals surface area contributed by atoms with Crippen LogP contribution in [0.25, 0.3) is 0 Å². The summed E-state index contributed by atoms with van der Waals surface area (Å²) in [5.74, 6) is 0.673. The van der Waals surface area contributed by atoms with Crippen LogP contribution < -0.4 is 10.5 Å². The standard InChI is InChI=1S/C17H20ClNO/c1-11-4-7-14(8-5-11)17(19)13(3)20-16-9-6-12(2)10-15(16)18/h4-10,13,17H,19H2,1-3H3. The zero-order valence-corrected chi connectivity index (χ0v) is 12.8. The number of aryl methyl sites for hydroxylation is 2. The minimum Gasteiger partial charge on any atom is -0.487 e. The molecule has 2 rings (SSSR count). The van der Waals surface area contributed by atoms with Crippen LogP contribution in [0.15, 0.2) is 42.5 Å². The van der Waals surface area contributed by atoms with Crippen molar-refractivity contribution in [3.8, 4) is 5.75 Å². The van der Waals surface area contributed by atoms with Gasteiger partial charge in [0.25, 0.3) is 0 Å². The average molecular weight is 290 g/mol. The summed E-state index contributed by atoms with van der Waals surface area (Å²) >= 11 is 6.18. The van der Waals surface area contributed by atoms with Crippen LogP contribution in [0.5, 0.6) is 5.75 Å². The Labute approximate surface area is 125 Å². The van der Waals surface area contributed by atoms with Gasteiger partial charge in [0.15, 0.2) is 0 Å². The van der Waals surface area contributed by atoms with E-state index in [4.69, 9.17) is 22.1 Å². The van der Waals surface area contributed by atoms with Gasteiger partial charge in [-0.05, 0) is 44.0 Å². The van der Waals surface area contributed by atoms with E-state index in [2.05, 4.69) is 19.1 Å². The van der Waals surface area contributed by atoms with Gasteiger partial charge in [0.05, 0.1) is 11.1 Å². The van der Waals surface area contributed by atoms with Gasteiger partial charge in [0.2, 0.25) is 0 Å². The third kappa shape index (κ3) is 3.53. The molecule has 20 heavy (non-hydrogen) atoms. The van der Waals surface area contributed by atoms with Gasteiger partial charge in [-0.15, -0.1) is 0 Å². The number of hydrogen-bond donors (Lipinski definition) is 1. The first kappa shape index (κ1) is 14.9. The Balaban J connectivity index is 2.11. The Kier molecular flexibility index (Phi) is 4.69. The third-order valence-corrected chi connectivity index (χ3v) is 3.66. The maximum Gasteiger partial charge on any atom is 0.138 e. The minimum atomic E-state index is -0.187. The van der Waals surface area contributed by atoms with Crippen molar-refractivity contribution in [2.45, 2.75) is 32.9 Å². The highest BCUT2D eigenvalue weighted by atomic mass is 35.5. The van der Waals surface area contributed by atoms with Crippen molar-refractivity contribution in [2.24, 2.45) is 5.73 Å². The highest BCUT2D eigenvalue weighted by Gasteiger charge is 2.17. The molecule has 2 unspecified atom stereocenters. The number of hydrogen-bond acceptors (Lipinski definition) is 2. The van der Waals surface area contributed by atoms with E-state index in [0.29, 0.717) is 10.8 Å². The molecule has 0 fully saturated rings. The van der Waals surface area contributed by atoms with Gasteiger partial charge in [-0.25, -0.2) is 0 Å². The maximum atomic E-state index is 6.25. The Hall–Kier alpha value is -1.51. The summed E-state index contributed by atoms with van der Waals surface area (Å²) in [4.78, 5) is 0. The molecular weight excluding hydrogens is 270 g/mol. The maximum absolute atomic E-state index is 6.25. The molecule has 0 aliphatic heterocycles. The van der Waals surface area contributed by atoms with Crippen molar-refractivity contribution in [3.63, 3.8) is 0 Å². The summed E-state index contributed by atoms with van der Waals surface area (Å²) in [6, 6.07) is 13.8. The molecule has 0 aliphatic carbocycles. The third-order valence-electron chi connectivity index (χ3n) is 3.37. The van der Waals surface area contributed by atoms with Gasteiger partial charge < -0.3 is 10.5 Å². The molecule has 2 atom stereocenters. The summed E-state index contributed by atoms with van der Waals surface area (Å²) in [6.45, 7) is 6.01. The summed E-state index contributed by atoms with van der Waals surface area (Å²) in [7, 11) is 0. The second kappa shape index (κ2) is 6.29. The molecule has 106 valence electrons. The van der Waals surface area contributed by atoms with Gasteiger partial charge in [-0.3, -0.25) is 0 Å². The average Bonchev–Trinajstić information content (AvgIpc) is 2.42. The van der Waals surface area contributed by atoms with Gasteiger partial charge >= 0.3 is 0 Å². The van der Waals surface area contributed by atoms with Crippen LogP contribution in [0.1, 0.15) is 29.7 Å². The number of nitrogens with two attached hydrogens (primary N) is 1. The van der Waals surface area contributed by atoms with E-state index < -0.39 is 0 Å². The van der Waals surface area contributed by atoms with Gasteiger partial charge in [0.1, 0.15) is 11.9 Å². The molecule has 0 saturated carbocycles. The van der Waals surface area contributed by atoms with Crippen LogP contribution in [0.4, 0.5) is 0 Å². The SMILES string of the molecule is Cc1ccc(C(N)C(C)Oc2ccc(C)cc2Cl)cc1. The van der Waals surface area contributed by atoms with Crippen LogP contribution in [-0.2, 0) is 0 Å². The summed E-state index contributed by atoms with van der Waals surface area (Å²) < 4.78 is 5.89. The molecule has 0 spiro atoms. The first-order chi connectivity index (χ1) is 9.47. The van der Waals surface area contributed by atoms with Gasteiger partial charge in [0, 0.05) is 0 Å². The van der Waals surface area contributed by atoms with Crippen molar-refractivity contribution in [2.75, 3.05) is 0 Å². The monoisotopic (exact) mass is 289 g/mol. The highest BCUT2D eigenvalue weighted by molar-refractivity contribution is 6.32. The van der Waals surface area contributed by atoms with Crippen molar-refractivity contribution in [1.82, 2.24) is 0 Å². The Morgan fingerprint density at radius 2 is 1.60 bits per heavy atom. The molecular formula is C17H20ClNO. The van der Waals surface area contributed by atoms with E-state index in [1.165, 1.54) is 5.56 Å². The van der Waals surface area contributed by atoms with E-state index in [9.17, 15) is 0 Å². The molecule has 0 heterocycles. The topological polar surface area (TPSA) is 35.2 Å². The molecule has 2 aromatic rings. The highest BCUT2D eigenvalue weighted by Crippen LogP contribution is 2.28. The number of rotatable bonds is 4. The number of ether oxygens (including phenoxy) is 1. The Bertz CT molecular complexity index is 580. The van der Waals surface area contributed by atoms with E-state index in [-0.39, 0.29) is 12.1 Å². The second-order valence-electron chi connectivity index (χ2n) is 5.19. The number of halogens is 1. The fraction of sp³-hybridized carbons (Fsp3) is 0.294. The predicted molar refractivity (Wildman–Crippen MR) is 84.4 cm³/mol. The van der Waals surface area contributed by atoms with Gasteiger partial charge in [-0.1, -0.05) is 47.5 Å². The first-order valence-electron chi connectivity index (χ1n) is 6.72. The lowest BCUT2D eigenvalue weighted by molar-refractivity contribution is 0.190. The van der Waals surface area contributed by atoms with Crippen LogP contribution >= 0.6 is 11.6 Å². The Morgan fingerprint density at radius 1 is 1.00 bits per heavy atom. The van der Waals surface area contributed by atoms with Crippen molar-refractivity contribution in [1.29, 1.82) is 0 Å². The van der Waals surface area contributed by atoms with Gasteiger partial charge in [-0.2, -0.15) is 0 Å². The molecule has 2 N–H and O–H groups in total. The smallest absolute Gasteiger partial charge is 0.138 e. The zero-order chi connectivity index (χ0) is 14.7. The molecule has 0 aromatic heterocycles. The number of benzene rings is 2. The summed E-state index contributed by atoms with van der Waals surface area (Å²) in [5.41, 5.74) is 9.64. The second-order valence-corrected chi connectivity index (χ2v) is 5.60. The normalized spacial score (nSPS) is 13.8. The zero-order valence-electron chi connectivity index (χ0n) is 12.1. The van der Waals surface area contributed by atoms with Crippen LogP contribution in [0.3, 0.4) is 0 Å². The molecule has 0 bridgehead atoms. The first-order valence-corrected chi connectivity index (χ1v) is 7.10. The van der Waals surface area contributed by atoms with Crippen molar-refractivity contribution >= 4 is 11.6 Å². The molecule has 2 aromatic carbocycles.